The average molecular weight is 327 g/mol. The van der Waals surface area contributed by atoms with Crippen LogP contribution in [0.1, 0.15) is 29.7 Å². The Balaban J connectivity index is 1.96. The summed E-state index contributed by atoms with van der Waals surface area (Å²) in [7, 11) is 0. The minimum Gasteiger partial charge on any atom is -0.305 e. The third kappa shape index (κ3) is 3.89. The Kier molecular flexibility index (Phi) is 5.47. The first-order valence-corrected chi connectivity index (χ1v) is 8.75. The summed E-state index contributed by atoms with van der Waals surface area (Å²) >= 11 is 0. The summed E-state index contributed by atoms with van der Waals surface area (Å²) in [6.07, 6.45) is 2.07. The van der Waals surface area contributed by atoms with Crippen LogP contribution in [0.2, 0.25) is 0 Å². The molecule has 1 heteroatoms. The highest BCUT2D eigenvalue weighted by molar-refractivity contribution is 5.37. The zero-order valence-electron chi connectivity index (χ0n) is 14.7. The molecule has 0 heterocycles. The van der Waals surface area contributed by atoms with Crippen LogP contribution in [0, 0.1) is 0 Å². The highest BCUT2D eigenvalue weighted by Gasteiger charge is 2.33. The fourth-order valence-electron chi connectivity index (χ4n) is 3.34. The summed E-state index contributed by atoms with van der Waals surface area (Å²) in [6.45, 7) is 7.24. The van der Waals surface area contributed by atoms with Crippen LogP contribution < -0.4 is 5.32 Å². The maximum atomic E-state index is 4.17. The van der Waals surface area contributed by atoms with Crippen molar-refractivity contribution in [2.75, 3.05) is 0 Å². The maximum Gasteiger partial charge on any atom is 0.0453 e. The van der Waals surface area contributed by atoms with Crippen LogP contribution in [-0.4, -0.2) is 0 Å². The van der Waals surface area contributed by atoms with Crippen molar-refractivity contribution in [1.29, 1.82) is 0 Å². The van der Waals surface area contributed by atoms with Gasteiger partial charge in [0.05, 0.1) is 0 Å². The van der Waals surface area contributed by atoms with E-state index >= 15 is 0 Å². The van der Waals surface area contributed by atoms with Crippen LogP contribution in [0.5, 0.6) is 0 Å². The van der Waals surface area contributed by atoms with Crippen LogP contribution in [-0.2, 0) is 12.0 Å². The van der Waals surface area contributed by atoms with Gasteiger partial charge in [0.15, 0.2) is 0 Å². The van der Waals surface area contributed by atoms with Crippen molar-refractivity contribution < 1.29 is 0 Å². The summed E-state index contributed by atoms with van der Waals surface area (Å²) in [5.41, 5.74) is 3.60. The molecule has 1 nitrogen and oxygen atoms in total. The lowest BCUT2D eigenvalue weighted by molar-refractivity contribution is 0.384. The summed E-state index contributed by atoms with van der Waals surface area (Å²) in [5.74, 6) is 0. The van der Waals surface area contributed by atoms with E-state index < -0.39 is 0 Å². The second-order valence-electron chi connectivity index (χ2n) is 6.56. The molecule has 126 valence electrons. The third-order valence-corrected chi connectivity index (χ3v) is 4.91. The molecule has 2 atom stereocenters. The van der Waals surface area contributed by atoms with Crippen LogP contribution >= 0.6 is 0 Å². The lowest BCUT2D eigenvalue weighted by atomic mass is 9.73. The molecule has 0 aliphatic heterocycles. The molecule has 0 saturated carbocycles. The molecule has 0 saturated heterocycles. The quantitative estimate of drug-likeness (QED) is 0.552. The molecule has 0 aromatic heterocycles. The van der Waals surface area contributed by atoms with E-state index in [-0.39, 0.29) is 11.5 Å². The van der Waals surface area contributed by atoms with E-state index in [0.717, 1.165) is 6.54 Å². The number of hydrogen-bond acceptors (Lipinski definition) is 1. The molecule has 1 N–H and O–H groups in total. The maximum absolute atomic E-state index is 4.17. The summed E-state index contributed by atoms with van der Waals surface area (Å²) in [6, 6.07) is 31.9. The second kappa shape index (κ2) is 7.96. The van der Waals surface area contributed by atoms with Crippen molar-refractivity contribution in [1.82, 2.24) is 5.32 Å². The van der Waals surface area contributed by atoms with E-state index in [4.69, 9.17) is 0 Å². The number of rotatable bonds is 7. The minimum atomic E-state index is -0.211. The summed E-state index contributed by atoms with van der Waals surface area (Å²) in [5, 5.41) is 3.77. The Hall–Kier alpha value is -2.64. The Labute approximate surface area is 151 Å². The smallest absolute Gasteiger partial charge is 0.0453 e. The van der Waals surface area contributed by atoms with Gasteiger partial charge in [-0.25, -0.2) is 0 Å². The zero-order valence-corrected chi connectivity index (χ0v) is 14.7. The highest BCUT2D eigenvalue weighted by atomic mass is 14.9. The number of nitrogens with one attached hydrogen (secondary N) is 1. The Morgan fingerprint density at radius 3 is 1.92 bits per heavy atom. The Morgan fingerprint density at radius 1 is 0.840 bits per heavy atom. The monoisotopic (exact) mass is 327 g/mol. The van der Waals surface area contributed by atoms with Gasteiger partial charge in [-0.2, -0.15) is 0 Å². The van der Waals surface area contributed by atoms with Crippen molar-refractivity contribution in [2.24, 2.45) is 0 Å². The Bertz CT molecular complexity index is 780. The predicted molar refractivity (Wildman–Crippen MR) is 106 cm³/mol. The molecule has 0 radical (unpaired) electrons. The van der Waals surface area contributed by atoms with Crippen molar-refractivity contribution >= 4 is 0 Å². The first kappa shape index (κ1) is 17.2. The van der Waals surface area contributed by atoms with Gasteiger partial charge in [-0.15, -0.1) is 6.58 Å². The lowest BCUT2D eigenvalue weighted by Crippen LogP contribution is -2.38. The summed E-state index contributed by atoms with van der Waals surface area (Å²) < 4.78 is 0. The second-order valence-corrected chi connectivity index (χ2v) is 6.56. The van der Waals surface area contributed by atoms with Crippen molar-refractivity contribution in [3.63, 3.8) is 0 Å². The van der Waals surface area contributed by atoms with E-state index in [9.17, 15) is 0 Å². The van der Waals surface area contributed by atoms with E-state index in [1.54, 1.807) is 0 Å². The van der Waals surface area contributed by atoms with E-state index in [1.807, 2.05) is 0 Å². The zero-order chi connectivity index (χ0) is 17.5. The molecule has 3 aromatic rings. The molecule has 25 heavy (non-hydrogen) atoms. The molecule has 0 fully saturated rings. The molecule has 3 rings (SSSR count). The SMILES string of the molecule is C=CC(C)(c1ccccc1)C(NCc1ccccc1)c1ccccc1. The fourth-order valence-corrected chi connectivity index (χ4v) is 3.34. The minimum absolute atomic E-state index is 0.133. The van der Waals surface area contributed by atoms with Crippen molar-refractivity contribution in [2.45, 2.75) is 24.9 Å². The van der Waals surface area contributed by atoms with Crippen molar-refractivity contribution in [3.8, 4) is 0 Å². The molecular formula is C24H25N. The molecule has 0 aliphatic carbocycles. The molecule has 3 aromatic carbocycles. The van der Waals surface area contributed by atoms with Crippen LogP contribution in [0.25, 0.3) is 0 Å². The van der Waals surface area contributed by atoms with Gasteiger partial charge in [0, 0.05) is 18.0 Å². The lowest BCUT2D eigenvalue weighted by Gasteiger charge is -2.37. The van der Waals surface area contributed by atoms with E-state index in [2.05, 4.69) is 116 Å². The van der Waals surface area contributed by atoms with Gasteiger partial charge >= 0.3 is 0 Å². The van der Waals surface area contributed by atoms with Gasteiger partial charge in [-0.1, -0.05) is 104 Å². The highest BCUT2D eigenvalue weighted by Crippen LogP contribution is 2.38. The van der Waals surface area contributed by atoms with Crippen LogP contribution in [0.4, 0.5) is 0 Å². The molecule has 0 spiro atoms. The first-order valence-electron chi connectivity index (χ1n) is 8.75. The normalized spacial score (nSPS) is 14.4. The fraction of sp³-hybridized carbons (Fsp3) is 0.167. The van der Waals surface area contributed by atoms with Crippen molar-refractivity contribution in [3.05, 3.63) is 120 Å². The van der Waals surface area contributed by atoms with E-state index in [0.29, 0.717) is 0 Å². The van der Waals surface area contributed by atoms with Gasteiger partial charge in [0.2, 0.25) is 0 Å². The number of benzene rings is 3. The molecule has 2 unspecified atom stereocenters. The molecular weight excluding hydrogens is 302 g/mol. The summed E-state index contributed by atoms with van der Waals surface area (Å²) in [4.78, 5) is 0. The van der Waals surface area contributed by atoms with Gasteiger partial charge in [0.25, 0.3) is 0 Å². The molecule has 0 aliphatic rings. The average Bonchev–Trinajstić information content (AvgIpc) is 2.70. The standard InChI is InChI=1S/C24H25N/c1-3-24(2,22-17-11-6-12-18-22)23(21-15-9-5-10-16-21)25-19-20-13-7-4-8-14-20/h3-18,23,25H,1,19H2,2H3. The van der Waals surface area contributed by atoms with E-state index in [1.165, 1.54) is 16.7 Å². The third-order valence-electron chi connectivity index (χ3n) is 4.91. The van der Waals surface area contributed by atoms with Crippen LogP contribution in [0.3, 0.4) is 0 Å². The largest absolute Gasteiger partial charge is 0.305 e. The number of hydrogen-bond donors (Lipinski definition) is 1. The van der Waals surface area contributed by atoms with Gasteiger partial charge in [0.1, 0.15) is 0 Å². The molecule has 0 bridgehead atoms. The first-order chi connectivity index (χ1) is 12.2. The van der Waals surface area contributed by atoms with Gasteiger partial charge in [-0.3, -0.25) is 0 Å². The van der Waals surface area contributed by atoms with Crippen LogP contribution in [0.15, 0.2) is 104 Å². The Morgan fingerprint density at radius 2 is 1.36 bits per heavy atom. The predicted octanol–water partition coefficient (Wildman–Crippen LogP) is 5.66. The van der Waals surface area contributed by atoms with Gasteiger partial charge in [-0.05, 0) is 16.7 Å². The molecule has 0 amide bonds. The topological polar surface area (TPSA) is 12.0 Å². The van der Waals surface area contributed by atoms with Gasteiger partial charge < -0.3 is 5.32 Å².